The molecule has 1 heterocycles. The van der Waals surface area contributed by atoms with Gasteiger partial charge in [0.05, 0.1) is 7.11 Å². The number of hydrogen-bond donors (Lipinski definition) is 0. The second-order valence-corrected chi connectivity index (χ2v) is 5.08. The lowest BCUT2D eigenvalue weighted by Crippen LogP contribution is -1.82. The Hall–Kier alpha value is -0.540. The van der Waals surface area contributed by atoms with Gasteiger partial charge in [0.15, 0.2) is 0 Å². The third-order valence-electron chi connectivity index (χ3n) is 1.91. The van der Waals surface area contributed by atoms with Crippen molar-refractivity contribution in [3.8, 4) is 5.75 Å². The predicted molar refractivity (Wildman–Crippen MR) is 60.8 cm³/mol. The fourth-order valence-electron chi connectivity index (χ4n) is 1.37. The van der Waals surface area contributed by atoms with Crippen LogP contribution in [-0.4, -0.2) is 7.11 Å². The molecule has 0 unspecified atom stereocenters. The summed E-state index contributed by atoms with van der Waals surface area (Å²) in [6, 6.07) is 6.27. The molecule has 0 radical (unpaired) electrons. The van der Waals surface area contributed by atoms with Gasteiger partial charge in [-0.3, -0.25) is 0 Å². The Morgan fingerprint density at radius 3 is 2.77 bits per heavy atom. The molecule has 3 heteroatoms. The molecule has 0 aliphatic rings. The average molecular weight is 257 g/mol. The van der Waals surface area contributed by atoms with E-state index in [2.05, 4.69) is 35.0 Å². The zero-order chi connectivity index (χ0) is 9.42. The number of methoxy groups -OCH3 is 1. The van der Waals surface area contributed by atoms with E-state index in [1.54, 1.807) is 18.4 Å². The van der Waals surface area contributed by atoms with Crippen molar-refractivity contribution in [3.05, 3.63) is 27.5 Å². The number of halogens is 1. The zero-order valence-corrected chi connectivity index (χ0v) is 9.83. The van der Waals surface area contributed by atoms with Gasteiger partial charge >= 0.3 is 0 Å². The summed E-state index contributed by atoms with van der Waals surface area (Å²) in [5, 5.41) is 1.20. The number of ether oxygens (including phenoxy) is 1. The van der Waals surface area contributed by atoms with Gasteiger partial charge < -0.3 is 4.74 Å². The Morgan fingerprint density at radius 2 is 2.08 bits per heavy atom. The van der Waals surface area contributed by atoms with Gasteiger partial charge in [-0.2, -0.15) is 0 Å². The average Bonchev–Trinajstić information content (AvgIpc) is 2.43. The highest BCUT2D eigenvalue weighted by Crippen LogP contribution is 2.35. The summed E-state index contributed by atoms with van der Waals surface area (Å²) in [6.07, 6.45) is 0. The van der Waals surface area contributed by atoms with Crippen molar-refractivity contribution in [1.82, 2.24) is 0 Å². The van der Waals surface area contributed by atoms with E-state index >= 15 is 0 Å². The zero-order valence-electron chi connectivity index (χ0n) is 7.43. The van der Waals surface area contributed by atoms with Crippen molar-refractivity contribution >= 4 is 37.4 Å². The van der Waals surface area contributed by atoms with Gasteiger partial charge in [-0.25, -0.2) is 0 Å². The van der Waals surface area contributed by atoms with Gasteiger partial charge in [-0.15, -0.1) is 11.3 Å². The minimum absolute atomic E-state index is 0.939. The lowest BCUT2D eigenvalue weighted by Gasteiger charge is -2.01. The molecule has 0 saturated heterocycles. The standard InChI is InChI=1S/C10H9BrOS/c1-6-3-8-9(12-2)4-7(11)5-10(8)13-6/h3-5H,1-2H3. The maximum absolute atomic E-state index is 5.30. The second-order valence-electron chi connectivity index (χ2n) is 2.88. The molecule has 2 aromatic rings. The number of thiophene rings is 1. The fraction of sp³-hybridized carbons (Fsp3) is 0.200. The van der Waals surface area contributed by atoms with Crippen molar-refractivity contribution in [3.63, 3.8) is 0 Å². The van der Waals surface area contributed by atoms with Crippen LogP contribution in [0.4, 0.5) is 0 Å². The summed E-state index contributed by atoms with van der Waals surface area (Å²) in [5.74, 6) is 0.939. The van der Waals surface area contributed by atoms with Crippen LogP contribution in [0.2, 0.25) is 0 Å². The van der Waals surface area contributed by atoms with Gasteiger partial charge in [0.2, 0.25) is 0 Å². The summed E-state index contributed by atoms with van der Waals surface area (Å²) in [5.41, 5.74) is 0. The molecule has 13 heavy (non-hydrogen) atoms. The summed E-state index contributed by atoms with van der Waals surface area (Å²) in [4.78, 5) is 1.31. The topological polar surface area (TPSA) is 9.23 Å². The molecule has 1 nitrogen and oxygen atoms in total. The molecule has 0 aliphatic heterocycles. The van der Waals surface area contributed by atoms with E-state index in [0.717, 1.165) is 10.2 Å². The molecule has 0 fully saturated rings. The van der Waals surface area contributed by atoms with E-state index in [-0.39, 0.29) is 0 Å². The van der Waals surface area contributed by atoms with E-state index < -0.39 is 0 Å². The van der Waals surface area contributed by atoms with E-state index in [1.807, 2.05) is 6.07 Å². The smallest absolute Gasteiger partial charge is 0.128 e. The molecule has 0 bridgehead atoms. The van der Waals surface area contributed by atoms with Crippen LogP contribution in [-0.2, 0) is 0 Å². The SMILES string of the molecule is COc1cc(Br)cc2sc(C)cc12. The third kappa shape index (κ3) is 1.58. The van der Waals surface area contributed by atoms with Gasteiger partial charge in [-0.05, 0) is 25.1 Å². The van der Waals surface area contributed by atoms with Gasteiger partial charge in [0.25, 0.3) is 0 Å². The van der Waals surface area contributed by atoms with Gasteiger partial charge in [0.1, 0.15) is 5.75 Å². The molecule has 68 valence electrons. The van der Waals surface area contributed by atoms with Crippen LogP contribution < -0.4 is 4.74 Å². The molecule has 0 aliphatic carbocycles. The Morgan fingerprint density at radius 1 is 1.31 bits per heavy atom. The molecular weight excluding hydrogens is 248 g/mol. The van der Waals surface area contributed by atoms with Crippen molar-refractivity contribution < 1.29 is 4.74 Å². The van der Waals surface area contributed by atoms with Crippen molar-refractivity contribution in [2.75, 3.05) is 7.11 Å². The predicted octanol–water partition coefficient (Wildman–Crippen LogP) is 3.98. The van der Waals surface area contributed by atoms with Gasteiger partial charge in [-0.1, -0.05) is 15.9 Å². The van der Waals surface area contributed by atoms with Crippen LogP contribution in [0.15, 0.2) is 22.7 Å². The number of fused-ring (bicyclic) bond motifs is 1. The fourth-order valence-corrected chi connectivity index (χ4v) is 2.94. The van der Waals surface area contributed by atoms with Crippen molar-refractivity contribution in [2.24, 2.45) is 0 Å². The van der Waals surface area contributed by atoms with Crippen LogP contribution in [0.1, 0.15) is 4.88 Å². The quantitative estimate of drug-likeness (QED) is 0.750. The van der Waals surface area contributed by atoms with Crippen LogP contribution in [0.5, 0.6) is 5.75 Å². The first-order chi connectivity index (χ1) is 6.20. The first-order valence-corrected chi connectivity index (χ1v) is 5.55. The van der Waals surface area contributed by atoms with Gasteiger partial charge in [0, 0.05) is 19.4 Å². The van der Waals surface area contributed by atoms with Crippen LogP contribution >= 0.6 is 27.3 Å². The molecule has 0 spiro atoms. The Kier molecular flexibility index (Phi) is 2.30. The number of hydrogen-bond acceptors (Lipinski definition) is 2. The molecule has 1 aromatic carbocycles. The Balaban J connectivity index is 2.80. The third-order valence-corrected chi connectivity index (χ3v) is 3.36. The summed E-state index contributed by atoms with van der Waals surface area (Å²) < 4.78 is 7.63. The minimum atomic E-state index is 0.939. The summed E-state index contributed by atoms with van der Waals surface area (Å²) in [7, 11) is 1.70. The van der Waals surface area contributed by atoms with E-state index in [1.165, 1.54) is 15.0 Å². The lowest BCUT2D eigenvalue weighted by atomic mass is 10.2. The molecule has 0 amide bonds. The first kappa shape index (κ1) is 9.03. The van der Waals surface area contributed by atoms with Crippen LogP contribution in [0.25, 0.3) is 10.1 Å². The van der Waals surface area contributed by atoms with Crippen LogP contribution in [0, 0.1) is 6.92 Å². The molecule has 0 saturated carbocycles. The van der Waals surface area contributed by atoms with Crippen LogP contribution in [0.3, 0.4) is 0 Å². The highest BCUT2D eigenvalue weighted by molar-refractivity contribution is 9.10. The Labute approximate surface area is 89.5 Å². The summed E-state index contributed by atoms with van der Waals surface area (Å²) >= 11 is 5.25. The second kappa shape index (κ2) is 3.31. The number of benzene rings is 1. The van der Waals surface area contributed by atoms with Crippen molar-refractivity contribution in [1.29, 1.82) is 0 Å². The summed E-state index contributed by atoms with van der Waals surface area (Å²) in [6.45, 7) is 2.11. The number of aryl methyl sites for hydroxylation is 1. The Bertz CT molecular complexity index is 447. The maximum atomic E-state index is 5.30. The molecule has 1 aromatic heterocycles. The monoisotopic (exact) mass is 256 g/mol. The molecule has 2 rings (SSSR count). The highest BCUT2D eigenvalue weighted by Gasteiger charge is 2.05. The van der Waals surface area contributed by atoms with E-state index in [0.29, 0.717) is 0 Å². The normalized spacial score (nSPS) is 10.7. The largest absolute Gasteiger partial charge is 0.496 e. The lowest BCUT2D eigenvalue weighted by molar-refractivity contribution is 0.419. The van der Waals surface area contributed by atoms with E-state index in [4.69, 9.17) is 4.74 Å². The van der Waals surface area contributed by atoms with Crippen molar-refractivity contribution in [2.45, 2.75) is 6.92 Å². The molecule has 0 N–H and O–H groups in total. The first-order valence-electron chi connectivity index (χ1n) is 3.94. The highest BCUT2D eigenvalue weighted by atomic mass is 79.9. The maximum Gasteiger partial charge on any atom is 0.128 e. The number of rotatable bonds is 1. The molecule has 0 atom stereocenters. The minimum Gasteiger partial charge on any atom is -0.496 e. The van der Waals surface area contributed by atoms with E-state index in [9.17, 15) is 0 Å². The molecular formula is C10H9BrOS.